The summed E-state index contributed by atoms with van der Waals surface area (Å²) in [6, 6.07) is 7.04. The van der Waals surface area contributed by atoms with Gasteiger partial charge in [-0.15, -0.1) is 0 Å². The van der Waals surface area contributed by atoms with Crippen LogP contribution in [0.15, 0.2) is 24.3 Å². The molecule has 3 atom stereocenters. The summed E-state index contributed by atoms with van der Waals surface area (Å²) in [5.41, 5.74) is 1.54. The number of rotatable bonds is 4. The van der Waals surface area contributed by atoms with Crippen molar-refractivity contribution in [3.8, 4) is 0 Å². The van der Waals surface area contributed by atoms with Crippen LogP contribution in [-0.4, -0.2) is 30.4 Å². The van der Waals surface area contributed by atoms with Gasteiger partial charge < -0.3 is 20.5 Å². The predicted molar refractivity (Wildman–Crippen MR) is 77.6 cm³/mol. The number of carbonyl (C=O) groups is 1. The Bertz CT molecular complexity index is 439. The second-order valence-corrected chi connectivity index (χ2v) is 5.31. The van der Waals surface area contributed by atoms with Crippen molar-refractivity contribution in [3.63, 3.8) is 0 Å². The summed E-state index contributed by atoms with van der Waals surface area (Å²) in [6.45, 7) is 5.19. The highest BCUT2D eigenvalue weighted by atomic mass is 16.5. The second kappa shape index (κ2) is 6.72. The van der Waals surface area contributed by atoms with Crippen LogP contribution in [0, 0.1) is 5.92 Å². The molecule has 1 heterocycles. The van der Waals surface area contributed by atoms with Crippen LogP contribution in [0.25, 0.3) is 0 Å². The zero-order valence-electron chi connectivity index (χ0n) is 11.9. The lowest BCUT2D eigenvalue weighted by molar-refractivity contribution is 0.178. The van der Waals surface area contributed by atoms with E-state index >= 15 is 0 Å². The average Bonchev–Trinajstić information content (AvgIpc) is 2.93. The molecule has 0 spiro atoms. The second-order valence-electron chi connectivity index (χ2n) is 5.31. The van der Waals surface area contributed by atoms with Crippen molar-refractivity contribution < 1.29 is 14.6 Å². The Morgan fingerprint density at radius 2 is 2.05 bits per heavy atom. The summed E-state index contributed by atoms with van der Waals surface area (Å²) in [7, 11) is 0. The molecule has 1 aliphatic rings. The van der Waals surface area contributed by atoms with Gasteiger partial charge in [0, 0.05) is 24.3 Å². The number of anilines is 1. The Labute approximate surface area is 119 Å². The van der Waals surface area contributed by atoms with Gasteiger partial charge in [0.15, 0.2) is 0 Å². The van der Waals surface area contributed by atoms with Crippen LogP contribution in [0.1, 0.15) is 31.9 Å². The molecule has 5 heteroatoms. The van der Waals surface area contributed by atoms with Crippen LogP contribution >= 0.6 is 0 Å². The number of carbonyl (C=O) groups excluding carboxylic acids is 1. The molecule has 0 bridgehead atoms. The zero-order valence-corrected chi connectivity index (χ0v) is 11.9. The maximum absolute atomic E-state index is 11.9. The first-order valence-corrected chi connectivity index (χ1v) is 6.99. The fraction of sp³-hybridized carbons (Fsp3) is 0.533. The lowest BCUT2D eigenvalue weighted by Gasteiger charge is -2.19. The van der Waals surface area contributed by atoms with Crippen molar-refractivity contribution in [2.75, 3.05) is 18.5 Å². The molecule has 1 aliphatic heterocycles. The summed E-state index contributed by atoms with van der Waals surface area (Å²) >= 11 is 0. The summed E-state index contributed by atoms with van der Waals surface area (Å²) < 4.78 is 5.32. The van der Waals surface area contributed by atoms with Gasteiger partial charge in [0.25, 0.3) is 0 Å². The predicted octanol–water partition coefficient (Wildman–Crippen LogP) is 2.29. The lowest BCUT2D eigenvalue weighted by atomic mass is 10.0. The SMILES string of the molecule is CC(O)c1ccc(NC(=O)NC(C)C2CCOC2)cc1. The van der Waals surface area contributed by atoms with Crippen LogP contribution in [-0.2, 0) is 4.74 Å². The molecular weight excluding hydrogens is 256 g/mol. The molecule has 110 valence electrons. The highest BCUT2D eigenvalue weighted by Crippen LogP contribution is 2.17. The summed E-state index contributed by atoms with van der Waals surface area (Å²) in [5, 5.41) is 15.1. The lowest BCUT2D eigenvalue weighted by Crippen LogP contribution is -2.40. The van der Waals surface area contributed by atoms with Crippen LogP contribution in [0.2, 0.25) is 0 Å². The average molecular weight is 278 g/mol. The van der Waals surface area contributed by atoms with Gasteiger partial charge in [-0.25, -0.2) is 4.79 Å². The van der Waals surface area contributed by atoms with Gasteiger partial charge in [-0.2, -0.15) is 0 Å². The molecule has 0 radical (unpaired) electrons. The molecular formula is C15H22N2O3. The standard InChI is InChI=1S/C15H22N2O3/c1-10(13-7-8-20-9-13)16-15(19)17-14-5-3-12(4-6-14)11(2)18/h3-6,10-11,13,18H,7-9H2,1-2H3,(H2,16,17,19). The summed E-state index contributed by atoms with van der Waals surface area (Å²) in [5.74, 6) is 0.387. The zero-order chi connectivity index (χ0) is 14.5. The molecule has 1 aromatic rings. The van der Waals surface area contributed by atoms with E-state index in [9.17, 15) is 9.90 Å². The van der Waals surface area contributed by atoms with Crippen molar-refractivity contribution in [2.45, 2.75) is 32.4 Å². The molecule has 2 amide bonds. The summed E-state index contributed by atoms with van der Waals surface area (Å²) in [4.78, 5) is 11.9. The van der Waals surface area contributed by atoms with Crippen LogP contribution in [0.4, 0.5) is 10.5 Å². The first kappa shape index (κ1) is 14.8. The van der Waals surface area contributed by atoms with Gasteiger partial charge in [-0.1, -0.05) is 12.1 Å². The number of hydrogen-bond acceptors (Lipinski definition) is 3. The van der Waals surface area contributed by atoms with Gasteiger partial charge in [0.2, 0.25) is 0 Å². The Morgan fingerprint density at radius 1 is 1.35 bits per heavy atom. The van der Waals surface area contributed by atoms with Gasteiger partial charge >= 0.3 is 6.03 Å². The largest absolute Gasteiger partial charge is 0.389 e. The van der Waals surface area contributed by atoms with E-state index < -0.39 is 6.10 Å². The van der Waals surface area contributed by atoms with Crippen molar-refractivity contribution in [3.05, 3.63) is 29.8 Å². The molecule has 3 unspecified atom stereocenters. The van der Waals surface area contributed by atoms with Crippen molar-refractivity contribution in [1.29, 1.82) is 0 Å². The molecule has 0 saturated carbocycles. The number of aliphatic hydroxyl groups excluding tert-OH is 1. The third kappa shape index (κ3) is 3.95. The topological polar surface area (TPSA) is 70.6 Å². The van der Waals surface area contributed by atoms with Crippen molar-refractivity contribution in [2.24, 2.45) is 5.92 Å². The monoisotopic (exact) mass is 278 g/mol. The first-order chi connectivity index (χ1) is 9.56. The van der Waals surface area contributed by atoms with E-state index in [-0.39, 0.29) is 12.1 Å². The third-order valence-corrected chi connectivity index (χ3v) is 3.68. The fourth-order valence-corrected chi connectivity index (χ4v) is 2.28. The number of amides is 2. The third-order valence-electron chi connectivity index (χ3n) is 3.68. The quantitative estimate of drug-likeness (QED) is 0.791. The molecule has 5 nitrogen and oxygen atoms in total. The number of urea groups is 1. The molecule has 0 aromatic heterocycles. The van der Waals surface area contributed by atoms with Crippen molar-refractivity contribution in [1.82, 2.24) is 5.32 Å². The van der Waals surface area contributed by atoms with E-state index in [1.165, 1.54) is 0 Å². The van der Waals surface area contributed by atoms with E-state index in [1.807, 2.05) is 6.92 Å². The Morgan fingerprint density at radius 3 is 2.60 bits per heavy atom. The summed E-state index contributed by atoms with van der Waals surface area (Å²) in [6.07, 6.45) is 0.491. The van der Waals surface area contributed by atoms with E-state index in [0.29, 0.717) is 18.2 Å². The van der Waals surface area contributed by atoms with E-state index in [4.69, 9.17) is 4.74 Å². The molecule has 20 heavy (non-hydrogen) atoms. The fourth-order valence-electron chi connectivity index (χ4n) is 2.28. The van der Waals surface area contributed by atoms with Crippen molar-refractivity contribution >= 4 is 11.7 Å². The molecule has 3 N–H and O–H groups in total. The maximum Gasteiger partial charge on any atom is 0.319 e. The number of nitrogens with one attached hydrogen (secondary N) is 2. The molecule has 0 aliphatic carbocycles. The smallest absolute Gasteiger partial charge is 0.319 e. The van der Waals surface area contributed by atoms with Crippen LogP contribution in [0.5, 0.6) is 0 Å². The molecule has 1 fully saturated rings. The normalized spacial score (nSPS) is 21.2. The van der Waals surface area contributed by atoms with Gasteiger partial charge in [-0.3, -0.25) is 0 Å². The number of benzene rings is 1. The highest BCUT2D eigenvalue weighted by molar-refractivity contribution is 5.89. The van der Waals surface area contributed by atoms with Crippen LogP contribution < -0.4 is 10.6 Å². The number of aliphatic hydroxyl groups is 1. The molecule has 1 saturated heterocycles. The van der Waals surface area contributed by atoms with E-state index in [2.05, 4.69) is 10.6 Å². The first-order valence-electron chi connectivity index (χ1n) is 6.99. The highest BCUT2D eigenvalue weighted by Gasteiger charge is 2.23. The molecule has 1 aromatic carbocycles. The number of ether oxygens (including phenoxy) is 1. The maximum atomic E-state index is 11.9. The molecule has 2 rings (SSSR count). The minimum absolute atomic E-state index is 0.0919. The van der Waals surface area contributed by atoms with Crippen LogP contribution in [0.3, 0.4) is 0 Å². The Hall–Kier alpha value is -1.59. The van der Waals surface area contributed by atoms with Gasteiger partial charge in [0.1, 0.15) is 0 Å². The van der Waals surface area contributed by atoms with Gasteiger partial charge in [0.05, 0.1) is 12.7 Å². The Kier molecular flexibility index (Phi) is 4.98. The number of hydrogen-bond donors (Lipinski definition) is 3. The minimum atomic E-state index is -0.500. The van der Waals surface area contributed by atoms with Gasteiger partial charge in [-0.05, 0) is 38.0 Å². The van der Waals surface area contributed by atoms with E-state index in [0.717, 1.165) is 18.6 Å². The minimum Gasteiger partial charge on any atom is -0.389 e. The van der Waals surface area contributed by atoms with E-state index in [1.54, 1.807) is 31.2 Å². The Balaban J connectivity index is 1.84.